The number of fused-ring (bicyclic) bond motifs is 1. The second kappa shape index (κ2) is 5.86. The van der Waals surface area contributed by atoms with Crippen molar-refractivity contribution in [3.05, 3.63) is 48.0 Å². The van der Waals surface area contributed by atoms with E-state index in [2.05, 4.69) is 56.3 Å². The van der Waals surface area contributed by atoms with Crippen molar-refractivity contribution >= 4 is 10.8 Å². The third-order valence-corrected chi connectivity index (χ3v) is 3.52. The second-order valence-corrected chi connectivity index (χ2v) is 4.88. The van der Waals surface area contributed by atoms with Gasteiger partial charge in [0.15, 0.2) is 0 Å². The summed E-state index contributed by atoms with van der Waals surface area (Å²) in [6.07, 6.45) is 5.17. The van der Waals surface area contributed by atoms with E-state index in [0.29, 0.717) is 0 Å². The predicted octanol–water partition coefficient (Wildman–Crippen LogP) is 5.52. The van der Waals surface area contributed by atoms with E-state index in [9.17, 15) is 0 Å². The Morgan fingerprint density at radius 1 is 0.824 bits per heavy atom. The highest BCUT2D eigenvalue weighted by Gasteiger charge is 2.09. The van der Waals surface area contributed by atoms with E-state index < -0.39 is 0 Å². The quantitative estimate of drug-likeness (QED) is 0.629. The van der Waals surface area contributed by atoms with E-state index in [1.54, 1.807) is 0 Å². The van der Waals surface area contributed by atoms with E-state index in [1.807, 2.05) is 0 Å². The molecule has 2 aromatic carbocycles. The van der Waals surface area contributed by atoms with Crippen LogP contribution in [-0.2, 0) is 0 Å². The highest BCUT2D eigenvalue weighted by atomic mass is 14.1. The smallest absolute Gasteiger partial charge is 0.0162 e. The Bertz CT molecular complexity index is 464. The molecule has 0 heterocycles. The van der Waals surface area contributed by atoms with Gasteiger partial charge in [0.25, 0.3) is 0 Å². The van der Waals surface area contributed by atoms with Crippen molar-refractivity contribution in [2.24, 2.45) is 0 Å². The maximum atomic E-state index is 2.38. The molecule has 0 amide bonds. The van der Waals surface area contributed by atoms with Crippen molar-refractivity contribution in [3.8, 4) is 0 Å². The summed E-state index contributed by atoms with van der Waals surface area (Å²) >= 11 is 0. The van der Waals surface area contributed by atoms with Gasteiger partial charge in [0.2, 0.25) is 0 Å². The monoisotopic (exact) mass is 226 g/mol. The molecule has 0 nitrogen and oxygen atoms in total. The molecule has 0 saturated carbocycles. The number of hydrogen-bond donors (Lipinski definition) is 0. The van der Waals surface area contributed by atoms with Gasteiger partial charge in [-0.1, -0.05) is 69.2 Å². The van der Waals surface area contributed by atoms with Crippen molar-refractivity contribution in [1.29, 1.82) is 0 Å². The molecule has 0 fully saturated rings. The minimum Gasteiger partial charge on any atom is -0.0654 e. The van der Waals surface area contributed by atoms with E-state index >= 15 is 0 Å². The van der Waals surface area contributed by atoms with Crippen molar-refractivity contribution in [3.63, 3.8) is 0 Å². The molecule has 0 spiro atoms. The number of hydrogen-bond acceptors (Lipinski definition) is 0. The molecular weight excluding hydrogens is 204 g/mol. The molecule has 0 N–H and O–H groups in total. The third-order valence-electron chi connectivity index (χ3n) is 3.52. The summed E-state index contributed by atoms with van der Waals surface area (Å²) in [5.74, 6) is 0.745. The normalized spacial score (nSPS) is 11.2. The van der Waals surface area contributed by atoms with Crippen LogP contribution >= 0.6 is 0 Å². The van der Waals surface area contributed by atoms with E-state index in [4.69, 9.17) is 0 Å². The maximum absolute atomic E-state index is 2.38. The minimum atomic E-state index is 0.745. The fraction of sp³-hybridized carbons (Fsp3) is 0.412. The molecule has 0 bridgehead atoms. The molecule has 0 aromatic heterocycles. The zero-order valence-electron chi connectivity index (χ0n) is 10.9. The van der Waals surface area contributed by atoms with Crippen LogP contribution in [0.5, 0.6) is 0 Å². The largest absolute Gasteiger partial charge is 0.0654 e. The summed E-state index contributed by atoms with van der Waals surface area (Å²) in [6, 6.07) is 15.6. The van der Waals surface area contributed by atoms with Crippen LogP contribution in [0.1, 0.15) is 51.0 Å². The zero-order valence-corrected chi connectivity index (χ0v) is 10.9. The van der Waals surface area contributed by atoms with Crippen molar-refractivity contribution in [2.75, 3.05) is 0 Å². The lowest BCUT2D eigenvalue weighted by Gasteiger charge is -2.16. The topological polar surface area (TPSA) is 0 Å². The summed E-state index contributed by atoms with van der Waals surface area (Å²) in [4.78, 5) is 0. The van der Waals surface area contributed by atoms with E-state index in [1.165, 1.54) is 42.0 Å². The maximum Gasteiger partial charge on any atom is -0.0162 e. The molecular formula is C17H22. The van der Waals surface area contributed by atoms with Crippen LogP contribution in [0.2, 0.25) is 0 Å². The summed E-state index contributed by atoms with van der Waals surface area (Å²) in [5.41, 5.74) is 1.52. The number of benzene rings is 2. The molecule has 0 unspecified atom stereocenters. The Kier molecular flexibility index (Phi) is 4.19. The van der Waals surface area contributed by atoms with Crippen LogP contribution in [-0.4, -0.2) is 0 Å². The summed E-state index contributed by atoms with van der Waals surface area (Å²) < 4.78 is 0. The van der Waals surface area contributed by atoms with Gasteiger partial charge in [-0.25, -0.2) is 0 Å². The summed E-state index contributed by atoms with van der Waals surface area (Å²) in [5, 5.41) is 2.73. The van der Waals surface area contributed by atoms with Crippen LogP contribution in [0.3, 0.4) is 0 Å². The molecule has 90 valence electrons. The van der Waals surface area contributed by atoms with Gasteiger partial charge in [0.05, 0.1) is 0 Å². The van der Waals surface area contributed by atoms with Crippen molar-refractivity contribution in [1.82, 2.24) is 0 Å². The van der Waals surface area contributed by atoms with Crippen LogP contribution in [0.15, 0.2) is 42.5 Å². The summed E-state index contributed by atoms with van der Waals surface area (Å²) in [6.45, 7) is 4.56. The van der Waals surface area contributed by atoms with Crippen molar-refractivity contribution in [2.45, 2.75) is 45.4 Å². The first-order valence-electron chi connectivity index (χ1n) is 6.83. The molecule has 0 aliphatic heterocycles. The number of rotatable bonds is 5. The van der Waals surface area contributed by atoms with Gasteiger partial charge in [0.1, 0.15) is 0 Å². The van der Waals surface area contributed by atoms with Gasteiger partial charge >= 0.3 is 0 Å². The van der Waals surface area contributed by atoms with E-state index in [-0.39, 0.29) is 0 Å². The van der Waals surface area contributed by atoms with Crippen LogP contribution in [0.4, 0.5) is 0 Å². The van der Waals surface area contributed by atoms with Crippen molar-refractivity contribution < 1.29 is 0 Å². The van der Waals surface area contributed by atoms with Gasteiger partial charge in [-0.15, -0.1) is 0 Å². The average Bonchev–Trinajstić information content (AvgIpc) is 2.38. The average molecular weight is 226 g/mol. The molecule has 0 heteroatoms. The second-order valence-electron chi connectivity index (χ2n) is 4.88. The Labute approximate surface area is 105 Å². The molecule has 0 saturated heterocycles. The highest BCUT2D eigenvalue weighted by molar-refractivity contribution is 5.83. The highest BCUT2D eigenvalue weighted by Crippen LogP contribution is 2.28. The van der Waals surface area contributed by atoms with E-state index in [0.717, 1.165) is 5.92 Å². The standard InChI is InChI=1S/C17H22/c1-3-7-14(8-4-2)17-12-11-15-9-5-6-10-16(15)13-17/h5-6,9-14H,3-4,7-8H2,1-2H3. The molecule has 2 aromatic rings. The SMILES string of the molecule is CCCC(CCC)c1ccc2ccccc2c1. The zero-order chi connectivity index (χ0) is 12.1. The van der Waals surface area contributed by atoms with Gasteiger partial charge < -0.3 is 0 Å². The fourth-order valence-electron chi connectivity index (χ4n) is 2.64. The first-order valence-corrected chi connectivity index (χ1v) is 6.83. The third kappa shape index (κ3) is 2.88. The Morgan fingerprint density at radius 3 is 2.12 bits per heavy atom. The van der Waals surface area contributed by atoms with Crippen LogP contribution < -0.4 is 0 Å². The fourth-order valence-corrected chi connectivity index (χ4v) is 2.64. The van der Waals surface area contributed by atoms with Gasteiger partial charge in [-0.3, -0.25) is 0 Å². The molecule has 17 heavy (non-hydrogen) atoms. The van der Waals surface area contributed by atoms with Gasteiger partial charge in [-0.2, -0.15) is 0 Å². The lowest BCUT2D eigenvalue weighted by Crippen LogP contribution is -1.98. The minimum absolute atomic E-state index is 0.745. The predicted molar refractivity (Wildman–Crippen MR) is 76.5 cm³/mol. The van der Waals surface area contributed by atoms with Crippen LogP contribution in [0.25, 0.3) is 10.8 Å². The molecule has 0 radical (unpaired) electrons. The Hall–Kier alpha value is -1.30. The van der Waals surface area contributed by atoms with Gasteiger partial charge in [0, 0.05) is 0 Å². The lowest BCUT2D eigenvalue weighted by molar-refractivity contribution is 0.561. The Morgan fingerprint density at radius 2 is 1.47 bits per heavy atom. The summed E-state index contributed by atoms with van der Waals surface area (Å²) in [7, 11) is 0. The first-order chi connectivity index (χ1) is 8.35. The molecule has 0 aliphatic rings. The molecule has 0 aliphatic carbocycles. The molecule has 2 rings (SSSR count). The molecule has 0 atom stereocenters. The lowest BCUT2D eigenvalue weighted by atomic mass is 9.89. The first kappa shape index (κ1) is 12.2. The van der Waals surface area contributed by atoms with Gasteiger partial charge in [-0.05, 0) is 35.1 Å². The Balaban J connectivity index is 2.32. The van der Waals surface area contributed by atoms with Crippen LogP contribution in [0, 0.1) is 0 Å².